The maximum absolute atomic E-state index is 13.2. The molecule has 0 saturated heterocycles. The fraction of sp³-hybridized carbons (Fsp3) is 0.278. The Bertz CT molecular complexity index is 842. The van der Waals surface area contributed by atoms with Gasteiger partial charge in [0, 0.05) is 0 Å². The Morgan fingerprint density at radius 2 is 1.88 bits per heavy atom. The van der Waals surface area contributed by atoms with Gasteiger partial charge in [0.2, 0.25) is 0 Å². The Hall–Kier alpha value is -2.36. The predicted octanol–water partition coefficient (Wildman–Crippen LogP) is 2.83. The average molecular weight is 344 g/mol. The zero-order valence-corrected chi connectivity index (χ0v) is 14.5. The van der Waals surface area contributed by atoms with E-state index in [9.17, 15) is 13.5 Å². The molecular weight excluding hydrogens is 324 g/mol. The molecule has 0 aliphatic heterocycles. The first kappa shape index (κ1) is 18.0. The molecule has 0 saturated carbocycles. The van der Waals surface area contributed by atoms with Crippen molar-refractivity contribution in [3.63, 3.8) is 0 Å². The molecule has 2 aromatic carbocycles. The van der Waals surface area contributed by atoms with Gasteiger partial charge < -0.3 is 5.11 Å². The van der Waals surface area contributed by atoms with E-state index in [2.05, 4.69) is 0 Å². The molecule has 0 bridgehead atoms. The average Bonchev–Trinajstić information content (AvgIpc) is 2.60. The van der Waals surface area contributed by atoms with E-state index in [1.807, 2.05) is 6.07 Å². The van der Waals surface area contributed by atoms with Crippen molar-refractivity contribution < 1.29 is 13.5 Å². The number of anilines is 1. The Labute approximate surface area is 142 Å². The van der Waals surface area contributed by atoms with Gasteiger partial charge in [0.05, 0.1) is 34.9 Å². The minimum absolute atomic E-state index is 0.0426. The lowest BCUT2D eigenvalue weighted by Gasteiger charge is -2.27. The third-order valence-corrected chi connectivity index (χ3v) is 5.71. The number of sulfonamides is 1. The summed E-state index contributed by atoms with van der Waals surface area (Å²) in [7, 11) is -3.90. The summed E-state index contributed by atoms with van der Waals surface area (Å²) in [5.74, 6) is 0. The van der Waals surface area contributed by atoms with Crippen LogP contribution < -0.4 is 4.31 Å². The lowest BCUT2D eigenvalue weighted by Crippen LogP contribution is -2.37. The lowest BCUT2D eigenvalue weighted by molar-refractivity contribution is 0.179. The number of aryl methyl sites for hydroxylation is 1. The van der Waals surface area contributed by atoms with E-state index in [0.717, 1.165) is 0 Å². The van der Waals surface area contributed by atoms with Gasteiger partial charge in [0.1, 0.15) is 0 Å². The molecule has 0 radical (unpaired) electrons. The highest BCUT2D eigenvalue weighted by Crippen LogP contribution is 2.27. The molecule has 0 aliphatic rings. The van der Waals surface area contributed by atoms with Gasteiger partial charge in [-0.05, 0) is 43.2 Å². The summed E-state index contributed by atoms with van der Waals surface area (Å²) in [5.41, 5.74) is 1.32. The highest BCUT2D eigenvalue weighted by Gasteiger charge is 2.28. The van der Waals surface area contributed by atoms with E-state index in [-0.39, 0.29) is 17.0 Å². The first-order chi connectivity index (χ1) is 11.4. The smallest absolute Gasteiger partial charge is 0.264 e. The van der Waals surface area contributed by atoms with E-state index in [0.29, 0.717) is 17.7 Å². The summed E-state index contributed by atoms with van der Waals surface area (Å²) in [5, 5.41) is 19.1. The van der Waals surface area contributed by atoms with Crippen LogP contribution in [0.3, 0.4) is 0 Å². The molecule has 0 spiro atoms. The lowest BCUT2D eigenvalue weighted by atomic mass is 10.2. The number of benzene rings is 2. The van der Waals surface area contributed by atoms with Crippen molar-refractivity contribution in [2.75, 3.05) is 10.8 Å². The molecule has 1 atom stereocenters. The van der Waals surface area contributed by atoms with Crippen LogP contribution >= 0.6 is 0 Å². The fourth-order valence-corrected chi connectivity index (χ4v) is 4.08. The molecule has 126 valence electrons. The van der Waals surface area contributed by atoms with Gasteiger partial charge in [-0.25, -0.2) is 8.42 Å². The Kier molecular flexibility index (Phi) is 5.60. The van der Waals surface area contributed by atoms with E-state index in [1.165, 1.54) is 10.4 Å². The monoisotopic (exact) mass is 344 g/mol. The maximum Gasteiger partial charge on any atom is 0.264 e. The third kappa shape index (κ3) is 3.75. The molecule has 6 heteroatoms. The van der Waals surface area contributed by atoms with E-state index in [4.69, 9.17) is 5.26 Å². The van der Waals surface area contributed by atoms with Crippen molar-refractivity contribution in [1.29, 1.82) is 5.26 Å². The van der Waals surface area contributed by atoms with Crippen LogP contribution in [-0.2, 0) is 10.0 Å². The zero-order valence-electron chi connectivity index (χ0n) is 13.7. The molecule has 1 unspecified atom stereocenters. The van der Waals surface area contributed by atoms with Crippen molar-refractivity contribution in [2.24, 2.45) is 0 Å². The van der Waals surface area contributed by atoms with Crippen molar-refractivity contribution in [2.45, 2.75) is 31.3 Å². The zero-order chi connectivity index (χ0) is 17.7. The largest absolute Gasteiger partial charge is 0.391 e. The summed E-state index contributed by atoms with van der Waals surface area (Å²) in [6, 6.07) is 15.2. The molecular formula is C18H20N2O3S. The van der Waals surface area contributed by atoms with Gasteiger partial charge in [0.25, 0.3) is 10.0 Å². The molecule has 0 heterocycles. The first-order valence-corrected chi connectivity index (χ1v) is 9.10. The van der Waals surface area contributed by atoms with Crippen LogP contribution in [0.25, 0.3) is 0 Å². The first-order valence-electron chi connectivity index (χ1n) is 7.66. The molecule has 0 aromatic heterocycles. The van der Waals surface area contributed by atoms with Crippen LogP contribution in [0.5, 0.6) is 0 Å². The van der Waals surface area contributed by atoms with Gasteiger partial charge in [-0.15, -0.1) is 0 Å². The van der Waals surface area contributed by atoms with Crippen LogP contribution in [0.4, 0.5) is 5.69 Å². The molecule has 2 aromatic rings. The van der Waals surface area contributed by atoms with Gasteiger partial charge in [-0.1, -0.05) is 31.2 Å². The van der Waals surface area contributed by atoms with E-state index >= 15 is 0 Å². The topological polar surface area (TPSA) is 81.4 Å². The molecule has 2 rings (SSSR count). The second kappa shape index (κ2) is 7.47. The van der Waals surface area contributed by atoms with Gasteiger partial charge >= 0.3 is 0 Å². The number of nitriles is 1. The second-order valence-corrected chi connectivity index (χ2v) is 7.36. The van der Waals surface area contributed by atoms with E-state index < -0.39 is 16.1 Å². The standard InChI is InChI=1S/C18H20N2O3S/c1-3-17(21)13-20(16-7-5-4-6-8-16)24(22,23)18-11-15(12-19)10-9-14(18)2/h4-11,17,21H,3,13H2,1-2H3. The predicted molar refractivity (Wildman–Crippen MR) is 93.2 cm³/mol. The van der Waals surface area contributed by atoms with Crippen LogP contribution in [0.15, 0.2) is 53.4 Å². The molecule has 24 heavy (non-hydrogen) atoms. The minimum atomic E-state index is -3.90. The van der Waals surface area contributed by atoms with Crippen LogP contribution in [0, 0.1) is 18.3 Å². The Morgan fingerprint density at radius 3 is 2.46 bits per heavy atom. The van der Waals surface area contributed by atoms with Crippen molar-refractivity contribution in [3.05, 3.63) is 59.7 Å². The highest BCUT2D eigenvalue weighted by atomic mass is 32.2. The molecule has 0 aliphatic carbocycles. The molecule has 5 nitrogen and oxygen atoms in total. The van der Waals surface area contributed by atoms with Crippen molar-refractivity contribution in [3.8, 4) is 6.07 Å². The van der Waals surface area contributed by atoms with Gasteiger partial charge in [-0.3, -0.25) is 4.31 Å². The van der Waals surface area contributed by atoms with E-state index in [1.54, 1.807) is 56.3 Å². The molecule has 0 amide bonds. The third-order valence-electron chi connectivity index (χ3n) is 3.78. The summed E-state index contributed by atoms with van der Waals surface area (Å²) in [4.78, 5) is 0.0775. The van der Waals surface area contributed by atoms with Crippen LogP contribution in [0.2, 0.25) is 0 Å². The van der Waals surface area contributed by atoms with Crippen molar-refractivity contribution >= 4 is 15.7 Å². The number of para-hydroxylation sites is 1. The molecule has 1 N–H and O–H groups in total. The quantitative estimate of drug-likeness (QED) is 0.873. The van der Waals surface area contributed by atoms with Gasteiger partial charge in [-0.2, -0.15) is 5.26 Å². The second-order valence-electron chi connectivity index (χ2n) is 5.53. The van der Waals surface area contributed by atoms with Crippen LogP contribution in [-0.4, -0.2) is 26.2 Å². The SMILES string of the molecule is CCC(O)CN(c1ccccc1)S(=O)(=O)c1cc(C#N)ccc1C. The molecule has 0 fully saturated rings. The number of aliphatic hydroxyl groups excluding tert-OH is 1. The number of nitrogens with zero attached hydrogens (tertiary/aromatic N) is 2. The normalized spacial score (nSPS) is 12.4. The Morgan fingerprint density at radius 1 is 1.21 bits per heavy atom. The highest BCUT2D eigenvalue weighted by molar-refractivity contribution is 7.92. The number of rotatable bonds is 6. The summed E-state index contributed by atoms with van der Waals surface area (Å²) in [6.45, 7) is 3.44. The number of aliphatic hydroxyl groups is 1. The number of hydrogen-bond acceptors (Lipinski definition) is 4. The van der Waals surface area contributed by atoms with Crippen LogP contribution in [0.1, 0.15) is 24.5 Å². The number of hydrogen-bond donors (Lipinski definition) is 1. The van der Waals surface area contributed by atoms with Gasteiger partial charge in [0.15, 0.2) is 0 Å². The fourth-order valence-electron chi connectivity index (χ4n) is 2.32. The van der Waals surface area contributed by atoms with Crippen molar-refractivity contribution in [1.82, 2.24) is 0 Å². The minimum Gasteiger partial charge on any atom is -0.391 e. The maximum atomic E-state index is 13.2. The summed E-state index contributed by atoms with van der Waals surface area (Å²) >= 11 is 0. The summed E-state index contributed by atoms with van der Waals surface area (Å²) in [6.07, 6.45) is -0.338. The Balaban J connectivity index is 2.58. The summed E-state index contributed by atoms with van der Waals surface area (Å²) < 4.78 is 27.6.